The minimum absolute atomic E-state index is 1.000. The van der Waals surface area contributed by atoms with Crippen LogP contribution in [0.3, 0.4) is 0 Å². The molecule has 0 saturated carbocycles. The van der Waals surface area contributed by atoms with Gasteiger partial charge in [-0.25, -0.2) is 0 Å². The molecule has 2 aromatic heterocycles. The summed E-state index contributed by atoms with van der Waals surface area (Å²) in [5, 5.41) is 1.14. The van der Waals surface area contributed by atoms with E-state index < -0.39 is 0 Å². The van der Waals surface area contributed by atoms with Crippen molar-refractivity contribution >= 4 is 33.5 Å². The molecule has 0 radical (unpaired) electrons. The molecule has 6 rings (SSSR count). The maximum Gasteiger partial charge on any atom is 0.0708 e. The highest BCUT2D eigenvalue weighted by Crippen LogP contribution is 2.30. The molecule has 0 aliphatic heterocycles. The van der Waals surface area contributed by atoms with Gasteiger partial charge in [0.25, 0.3) is 0 Å². The van der Waals surface area contributed by atoms with E-state index in [0.717, 1.165) is 33.2 Å². The van der Waals surface area contributed by atoms with E-state index in [1.165, 1.54) is 25.8 Å². The molecule has 35 heavy (non-hydrogen) atoms. The highest BCUT2D eigenvalue weighted by atomic mass is 127. The van der Waals surface area contributed by atoms with Gasteiger partial charge in [-0.2, -0.15) is 0 Å². The molecule has 2 nitrogen and oxygen atoms in total. The first-order chi connectivity index (χ1) is 17.2. The van der Waals surface area contributed by atoms with Crippen LogP contribution in [0, 0.1) is 3.57 Å². The number of aromatic nitrogens is 2. The average Bonchev–Trinajstić information content (AvgIpc) is 2.94. The number of hydrogen-bond acceptors (Lipinski definition) is 2. The van der Waals surface area contributed by atoms with Gasteiger partial charge in [0.2, 0.25) is 0 Å². The van der Waals surface area contributed by atoms with Crippen molar-refractivity contribution in [1.29, 1.82) is 0 Å². The topological polar surface area (TPSA) is 25.8 Å². The molecule has 4 aromatic carbocycles. The highest BCUT2D eigenvalue weighted by Gasteiger charge is 2.06. The van der Waals surface area contributed by atoms with Gasteiger partial charge in [0.05, 0.1) is 5.52 Å². The molecular weight excluding hydrogens is 539 g/mol. The van der Waals surface area contributed by atoms with Gasteiger partial charge in [-0.15, -0.1) is 0 Å². The summed E-state index contributed by atoms with van der Waals surface area (Å²) in [6.07, 6.45) is 5.65. The molecule has 0 N–H and O–H groups in total. The fraction of sp³-hybridized carbons (Fsp3) is 0. The van der Waals surface area contributed by atoms with E-state index in [-0.39, 0.29) is 0 Å². The van der Waals surface area contributed by atoms with Crippen LogP contribution >= 0.6 is 22.6 Å². The van der Waals surface area contributed by atoms with Crippen LogP contribution in [-0.2, 0) is 0 Å². The number of halogens is 1. The van der Waals surface area contributed by atoms with Crippen molar-refractivity contribution < 1.29 is 0 Å². The molecule has 0 atom stereocenters. The van der Waals surface area contributed by atoms with Crippen molar-refractivity contribution in [2.45, 2.75) is 0 Å². The van der Waals surface area contributed by atoms with Crippen LogP contribution < -0.4 is 0 Å². The van der Waals surface area contributed by atoms with E-state index in [1.807, 2.05) is 18.5 Å². The maximum atomic E-state index is 4.79. The summed E-state index contributed by atoms with van der Waals surface area (Å²) in [6, 6.07) is 38.7. The lowest BCUT2D eigenvalue weighted by molar-refractivity contribution is 1.33. The maximum absolute atomic E-state index is 4.79. The monoisotopic (exact) mass is 560 g/mol. The normalized spacial score (nSPS) is 11.0. The molecule has 6 aromatic rings. The molecule has 0 amide bonds. The molecular formula is C32H21IN2. The van der Waals surface area contributed by atoms with Crippen LogP contribution in [0.25, 0.3) is 55.4 Å². The first-order valence-electron chi connectivity index (χ1n) is 11.5. The molecule has 0 bridgehead atoms. The van der Waals surface area contributed by atoms with Gasteiger partial charge in [0, 0.05) is 33.1 Å². The third kappa shape index (κ3) is 4.60. The van der Waals surface area contributed by atoms with Gasteiger partial charge in [-0.3, -0.25) is 9.97 Å². The quantitative estimate of drug-likeness (QED) is 0.201. The number of rotatable bonds is 4. The van der Waals surface area contributed by atoms with Crippen molar-refractivity contribution in [2.24, 2.45) is 0 Å². The second-order valence-corrected chi connectivity index (χ2v) is 9.78. The van der Waals surface area contributed by atoms with Crippen molar-refractivity contribution in [1.82, 2.24) is 9.97 Å². The van der Waals surface area contributed by atoms with Crippen LogP contribution in [0.2, 0.25) is 0 Å². The number of pyridine rings is 2. The van der Waals surface area contributed by atoms with Crippen molar-refractivity contribution in [3.8, 4) is 44.5 Å². The smallest absolute Gasteiger partial charge is 0.0708 e. The minimum Gasteiger partial charge on any atom is -0.264 e. The van der Waals surface area contributed by atoms with Gasteiger partial charge in [-0.05, 0) is 91.9 Å². The number of hydrogen-bond donors (Lipinski definition) is 0. The molecule has 3 heteroatoms. The fourth-order valence-corrected chi connectivity index (χ4v) is 4.70. The Kier molecular flexibility index (Phi) is 5.84. The minimum atomic E-state index is 1.000. The molecule has 0 fully saturated rings. The first-order valence-corrected chi connectivity index (χ1v) is 12.6. The van der Waals surface area contributed by atoms with Gasteiger partial charge in [0.1, 0.15) is 0 Å². The Hall–Kier alpha value is -3.83. The standard InChI is InChI=1S/C32H21IN2/c33-31-15-13-23(14-16-31)22-3-5-24(6-4-22)27-11-12-28-18-30(21-35-32(28)19-27)26-9-7-25(8-10-26)29-2-1-17-34-20-29/h1-21H. The predicted octanol–water partition coefficient (Wildman–Crippen LogP) is 8.90. The summed E-state index contributed by atoms with van der Waals surface area (Å²) in [5.74, 6) is 0. The molecule has 0 unspecified atom stereocenters. The highest BCUT2D eigenvalue weighted by molar-refractivity contribution is 14.1. The van der Waals surface area contributed by atoms with Crippen LogP contribution in [0.4, 0.5) is 0 Å². The van der Waals surface area contributed by atoms with Crippen LogP contribution in [-0.4, -0.2) is 9.97 Å². The van der Waals surface area contributed by atoms with Gasteiger partial charge >= 0.3 is 0 Å². The summed E-state index contributed by atoms with van der Waals surface area (Å²) in [4.78, 5) is 9.00. The van der Waals surface area contributed by atoms with Gasteiger partial charge in [0.15, 0.2) is 0 Å². The van der Waals surface area contributed by atoms with Crippen molar-refractivity contribution in [2.75, 3.05) is 0 Å². The zero-order chi connectivity index (χ0) is 23.6. The largest absolute Gasteiger partial charge is 0.264 e. The third-order valence-corrected chi connectivity index (χ3v) is 7.01. The lowest BCUT2D eigenvalue weighted by Crippen LogP contribution is -1.86. The second kappa shape index (κ2) is 9.43. The van der Waals surface area contributed by atoms with E-state index in [0.29, 0.717) is 0 Å². The Labute approximate surface area is 218 Å². The molecule has 0 aliphatic rings. The fourth-order valence-electron chi connectivity index (χ4n) is 4.34. The Morgan fingerprint density at radius 2 is 1.00 bits per heavy atom. The second-order valence-electron chi connectivity index (χ2n) is 8.53. The average molecular weight is 560 g/mol. The summed E-state index contributed by atoms with van der Waals surface area (Å²) >= 11 is 2.34. The van der Waals surface area contributed by atoms with Gasteiger partial charge in [-0.1, -0.05) is 78.9 Å². The molecule has 0 spiro atoms. The van der Waals surface area contributed by atoms with Crippen LogP contribution in [0.5, 0.6) is 0 Å². The first kappa shape index (κ1) is 21.7. The van der Waals surface area contributed by atoms with E-state index in [4.69, 9.17) is 4.98 Å². The number of benzene rings is 4. The molecule has 0 aliphatic carbocycles. The zero-order valence-corrected chi connectivity index (χ0v) is 21.1. The van der Waals surface area contributed by atoms with Crippen LogP contribution in [0.1, 0.15) is 0 Å². The van der Waals surface area contributed by atoms with Crippen molar-refractivity contribution in [3.05, 3.63) is 131 Å². The van der Waals surface area contributed by atoms with E-state index in [9.17, 15) is 0 Å². The van der Waals surface area contributed by atoms with Crippen LogP contribution in [0.15, 0.2) is 128 Å². The summed E-state index contributed by atoms with van der Waals surface area (Å²) in [5.41, 5.74) is 10.4. The lowest BCUT2D eigenvalue weighted by atomic mass is 9.98. The Bertz CT molecular complexity index is 1610. The van der Waals surface area contributed by atoms with Crippen molar-refractivity contribution in [3.63, 3.8) is 0 Å². The third-order valence-electron chi connectivity index (χ3n) is 6.29. The zero-order valence-electron chi connectivity index (χ0n) is 18.9. The Morgan fingerprint density at radius 1 is 0.457 bits per heavy atom. The van der Waals surface area contributed by atoms with E-state index in [1.54, 1.807) is 6.20 Å². The SMILES string of the molecule is Ic1ccc(-c2ccc(-c3ccc4cc(-c5ccc(-c6cccnc6)cc5)cnc4c3)cc2)cc1. The van der Waals surface area contributed by atoms with E-state index >= 15 is 0 Å². The van der Waals surface area contributed by atoms with Gasteiger partial charge < -0.3 is 0 Å². The molecule has 2 heterocycles. The number of nitrogens with zero attached hydrogens (tertiary/aromatic N) is 2. The Balaban J connectivity index is 1.26. The Morgan fingerprint density at radius 3 is 1.63 bits per heavy atom. The number of fused-ring (bicyclic) bond motifs is 1. The lowest BCUT2D eigenvalue weighted by Gasteiger charge is -2.08. The predicted molar refractivity (Wildman–Crippen MR) is 154 cm³/mol. The summed E-state index contributed by atoms with van der Waals surface area (Å²) < 4.78 is 1.25. The molecule has 0 saturated heterocycles. The van der Waals surface area contributed by atoms with E-state index in [2.05, 4.69) is 131 Å². The molecule has 166 valence electrons. The summed E-state index contributed by atoms with van der Waals surface area (Å²) in [7, 11) is 0. The summed E-state index contributed by atoms with van der Waals surface area (Å²) in [6.45, 7) is 0.